The zero-order valence-corrected chi connectivity index (χ0v) is 7.33. The highest BCUT2D eigenvalue weighted by atomic mass is 15.1. The van der Waals surface area contributed by atoms with E-state index in [1.807, 2.05) is 18.6 Å². The summed E-state index contributed by atoms with van der Waals surface area (Å²) >= 11 is 0. The predicted octanol–water partition coefficient (Wildman–Crippen LogP) is 1.82. The minimum absolute atomic E-state index is 1.08. The Morgan fingerprint density at radius 1 is 1.46 bits per heavy atom. The van der Waals surface area contributed by atoms with Crippen LogP contribution >= 0.6 is 0 Å². The van der Waals surface area contributed by atoms with Crippen molar-refractivity contribution < 1.29 is 0 Å². The largest absolute Gasteiger partial charge is 0.358 e. The summed E-state index contributed by atoms with van der Waals surface area (Å²) in [5.74, 6) is 1.08. The lowest BCUT2D eigenvalue weighted by Gasteiger charge is -2.00. The molecule has 13 heavy (non-hydrogen) atoms. The number of nitrogens with zero attached hydrogens (tertiary/aromatic N) is 2. The maximum absolute atomic E-state index is 4.36. The van der Waals surface area contributed by atoms with E-state index < -0.39 is 0 Å². The molecule has 0 spiro atoms. The second-order valence-electron chi connectivity index (χ2n) is 3.43. The molecule has 0 atom stereocenters. The summed E-state index contributed by atoms with van der Waals surface area (Å²) in [6, 6.07) is 2.15. The lowest BCUT2D eigenvalue weighted by Crippen LogP contribution is -1.96. The third-order valence-corrected chi connectivity index (χ3v) is 2.62. The van der Waals surface area contributed by atoms with Gasteiger partial charge in [-0.05, 0) is 24.5 Å². The van der Waals surface area contributed by atoms with Crippen molar-refractivity contribution in [3.63, 3.8) is 0 Å². The first-order valence-corrected chi connectivity index (χ1v) is 4.63. The maximum atomic E-state index is 4.36. The lowest BCUT2D eigenvalue weighted by atomic mass is 10.1. The molecular formula is C10H11N3. The number of imidazole rings is 1. The van der Waals surface area contributed by atoms with E-state index in [1.54, 1.807) is 0 Å². The Hall–Kier alpha value is -1.51. The number of aromatic nitrogens is 3. The van der Waals surface area contributed by atoms with E-state index in [2.05, 4.69) is 20.6 Å². The Labute approximate surface area is 76.4 Å². The summed E-state index contributed by atoms with van der Waals surface area (Å²) in [6.07, 6.45) is 8.27. The number of aromatic amines is 1. The molecule has 1 N–H and O–H groups in total. The number of rotatable bonds is 0. The van der Waals surface area contributed by atoms with Crippen LogP contribution in [0.15, 0.2) is 24.7 Å². The van der Waals surface area contributed by atoms with Crippen molar-refractivity contribution in [2.75, 3.05) is 0 Å². The quantitative estimate of drug-likeness (QED) is 0.647. The van der Waals surface area contributed by atoms with Crippen molar-refractivity contribution in [1.82, 2.24) is 14.5 Å². The maximum Gasteiger partial charge on any atom is 0.156 e. The molecule has 3 rings (SSSR count). The highest BCUT2D eigenvalue weighted by Gasteiger charge is 2.14. The molecule has 0 aromatic carbocycles. The number of hydrogen-bond acceptors (Lipinski definition) is 1. The van der Waals surface area contributed by atoms with Gasteiger partial charge in [0.25, 0.3) is 0 Å². The number of fused-ring (bicyclic) bond motifs is 3. The Balaban J connectivity index is 2.27. The second kappa shape index (κ2) is 2.49. The molecule has 0 unspecified atom stereocenters. The van der Waals surface area contributed by atoms with Crippen LogP contribution in [0.1, 0.15) is 12.0 Å². The standard InChI is InChI=1S/C10H11N3/c1-2-8-3-4-11-9(8)10-12-5-7-13(10)6-1/h3-5,7,11H,1-2,6H2. The van der Waals surface area contributed by atoms with Gasteiger partial charge in [-0.15, -0.1) is 0 Å². The van der Waals surface area contributed by atoms with Gasteiger partial charge in [-0.1, -0.05) is 0 Å². The summed E-state index contributed by atoms with van der Waals surface area (Å²) < 4.78 is 2.21. The van der Waals surface area contributed by atoms with Crippen molar-refractivity contribution in [3.8, 4) is 11.5 Å². The minimum atomic E-state index is 1.08. The van der Waals surface area contributed by atoms with Crippen LogP contribution < -0.4 is 0 Å². The van der Waals surface area contributed by atoms with E-state index in [-0.39, 0.29) is 0 Å². The number of hydrogen-bond donors (Lipinski definition) is 1. The molecule has 66 valence electrons. The fourth-order valence-electron chi connectivity index (χ4n) is 1.98. The molecule has 2 aromatic rings. The van der Waals surface area contributed by atoms with Crippen molar-refractivity contribution in [2.45, 2.75) is 19.4 Å². The fraction of sp³-hybridized carbons (Fsp3) is 0.300. The molecule has 1 aliphatic rings. The molecule has 0 radical (unpaired) electrons. The first kappa shape index (κ1) is 6.95. The van der Waals surface area contributed by atoms with Gasteiger partial charge in [0, 0.05) is 25.1 Å². The van der Waals surface area contributed by atoms with Crippen LogP contribution in [0.5, 0.6) is 0 Å². The highest BCUT2D eigenvalue weighted by Crippen LogP contribution is 2.25. The SMILES string of the molecule is c1cn2c(n1)-c1[nH]ccc1CCC2. The second-order valence-corrected chi connectivity index (χ2v) is 3.43. The van der Waals surface area contributed by atoms with Gasteiger partial charge in [0.05, 0.1) is 5.69 Å². The zero-order chi connectivity index (χ0) is 8.67. The molecule has 0 aliphatic carbocycles. The number of H-pyrrole nitrogens is 1. The summed E-state index contributed by atoms with van der Waals surface area (Å²) in [4.78, 5) is 7.62. The van der Waals surface area contributed by atoms with Gasteiger partial charge in [-0.2, -0.15) is 0 Å². The van der Waals surface area contributed by atoms with Crippen molar-refractivity contribution in [2.24, 2.45) is 0 Å². The van der Waals surface area contributed by atoms with Gasteiger partial charge in [0.15, 0.2) is 5.82 Å². The molecule has 2 aromatic heterocycles. The molecule has 0 saturated carbocycles. The lowest BCUT2D eigenvalue weighted by molar-refractivity contribution is 0.661. The zero-order valence-electron chi connectivity index (χ0n) is 7.33. The smallest absolute Gasteiger partial charge is 0.156 e. The van der Waals surface area contributed by atoms with E-state index in [9.17, 15) is 0 Å². The van der Waals surface area contributed by atoms with Crippen molar-refractivity contribution in [3.05, 3.63) is 30.2 Å². The molecule has 0 bridgehead atoms. The highest BCUT2D eigenvalue weighted by molar-refractivity contribution is 5.56. The third kappa shape index (κ3) is 0.932. The number of aryl methyl sites for hydroxylation is 2. The molecule has 3 heterocycles. The first-order valence-electron chi connectivity index (χ1n) is 4.63. The Morgan fingerprint density at radius 2 is 2.46 bits per heavy atom. The molecule has 0 fully saturated rings. The molecule has 3 nitrogen and oxygen atoms in total. The average molecular weight is 173 g/mol. The minimum Gasteiger partial charge on any atom is -0.358 e. The van der Waals surface area contributed by atoms with E-state index in [0.717, 1.165) is 18.8 Å². The molecular weight excluding hydrogens is 162 g/mol. The van der Waals surface area contributed by atoms with E-state index >= 15 is 0 Å². The third-order valence-electron chi connectivity index (χ3n) is 2.62. The van der Waals surface area contributed by atoms with E-state index in [0.29, 0.717) is 0 Å². The van der Waals surface area contributed by atoms with E-state index in [1.165, 1.54) is 17.7 Å². The van der Waals surface area contributed by atoms with Gasteiger partial charge >= 0.3 is 0 Å². The summed E-state index contributed by atoms with van der Waals surface area (Å²) in [5.41, 5.74) is 2.59. The molecule has 3 heteroatoms. The Bertz CT molecular complexity index is 385. The topological polar surface area (TPSA) is 33.6 Å². The van der Waals surface area contributed by atoms with Crippen LogP contribution in [0.25, 0.3) is 11.5 Å². The van der Waals surface area contributed by atoms with Crippen LogP contribution in [0.3, 0.4) is 0 Å². The number of nitrogens with one attached hydrogen (secondary N) is 1. The van der Waals surface area contributed by atoms with Crippen molar-refractivity contribution in [1.29, 1.82) is 0 Å². The van der Waals surface area contributed by atoms with Crippen LogP contribution in [-0.2, 0) is 13.0 Å². The first-order chi connectivity index (χ1) is 6.45. The molecule has 1 aliphatic heterocycles. The van der Waals surface area contributed by atoms with Gasteiger partial charge in [-0.25, -0.2) is 4.98 Å². The van der Waals surface area contributed by atoms with E-state index in [4.69, 9.17) is 0 Å². The Kier molecular flexibility index (Phi) is 1.33. The van der Waals surface area contributed by atoms with Crippen LogP contribution in [-0.4, -0.2) is 14.5 Å². The molecule has 0 saturated heterocycles. The summed E-state index contributed by atoms with van der Waals surface area (Å²) in [6.45, 7) is 1.08. The molecule has 0 amide bonds. The van der Waals surface area contributed by atoms with Crippen LogP contribution in [0.2, 0.25) is 0 Å². The summed E-state index contributed by atoms with van der Waals surface area (Å²) in [5, 5.41) is 0. The monoisotopic (exact) mass is 173 g/mol. The Morgan fingerprint density at radius 3 is 3.46 bits per heavy atom. The van der Waals surface area contributed by atoms with Gasteiger partial charge in [0.2, 0.25) is 0 Å². The van der Waals surface area contributed by atoms with Gasteiger partial charge in [-0.3, -0.25) is 0 Å². The predicted molar refractivity (Wildman–Crippen MR) is 50.3 cm³/mol. The van der Waals surface area contributed by atoms with Gasteiger partial charge in [0.1, 0.15) is 0 Å². The fourth-order valence-corrected chi connectivity index (χ4v) is 1.98. The normalized spacial score (nSPS) is 14.8. The van der Waals surface area contributed by atoms with Crippen molar-refractivity contribution >= 4 is 0 Å². The summed E-state index contributed by atoms with van der Waals surface area (Å²) in [7, 11) is 0. The van der Waals surface area contributed by atoms with Gasteiger partial charge < -0.3 is 9.55 Å². The average Bonchev–Trinajstić information content (AvgIpc) is 2.72. The van der Waals surface area contributed by atoms with Crippen LogP contribution in [0, 0.1) is 0 Å². The van der Waals surface area contributed by atoms with Crippen LogP contribution in [0.4, 0.5) is 0 Å².